The molecule has 4 rings (SSSR count). The van der Waals surface area contributed by atoms with Crippen molar-refractivity contribution >= 4 is 0 Å². The van der Waals surface area contributed by atoms with Gasteiger partial charge in [0.15, 0.2) is 0 Å². The molecule has 1 aliphatic rings. The number of aromatic nitrogens is 3. The second-order valence-electron chi connectivity index (χ2n) is 7.99. The van der Waals surface area contributed by atoms with Crippen molar-refractivity contribution in [2.75, 3.05) is 19.6 Å². The summed E-state index contributed by atoms with van der Waals surface area (Å²) in [5.74, 6) is 0. The van der Waals surface area contributed by atoms with Crippen molar-refractivity contribution in [3.63, 3.8) is 0 Å². The maximum Gasteiger partial charge on any atom is 0.0983 e. The van der Waals surface area contributed by atoms with E-state index in [9.17, 15) is 0 Å². The normalized spacial score (nSPS) is 17.5. The molecule has 1 unspecified atom stereocenters. The topological polar surface area (TPSA) is 46.0 Å². The average Bonchev–Trinajstić information content (AvgIpc) is 3.16. The summed E-state index contributed by atoms with van der Waals surface area (Å²) in [6.45, 7) is 7.30. The Morgan fingerprint density at radius 2 is 2.00 bits per heavy atom. The van der Waals surface area contributed by atoms with Crippen LogP contribution >= 0.6 is 0 Å². The maximum absolute atomic E-state index is 4.88. The fraction of sp³-hybridized carbons (Fsp3) is 0.417. The molecule has 0 radical (unpaired) electrons. The summed E-state index contributed by atoms with van der Waals surface area (Å²) in [6, 6.07) is 15.3. The third-order valence-electron chi connectivity index (χ3n) is 5.79. The molecular formula is C24H31N5. The van der Waals surface area contributed by atoms with E-state index in [-0.39, 0.29) is 0 Å². The molecule has 3 aromatic rings. The number of pyridine rings is 1. The van der Waals surface area contributed by atoms with Gasteiger partial charge in [-0.3, -0.25) is 14.6 Å². The fourth-order valence-corrected chi connectivity index (χ4v) is 4.12. The van der Waals surface area contributed by atoms with Gasteiger partial charge in [0.2, 0.25) is 0 Å². The zero-order chi connectivity index (χ0) is 19.9. The molecule has 152 valence electrons. The second-order valence-corrected chi connectivity index (χ2v) is 7.99. The van der Waals surface area contributed by atoms with Crippen LogP contribution in [0.4, 0.5) is 0 Å². The number of nitrogens with one attached hydrogen (secondary N) is 1. The van der Waals surface area contributed by atoms with Crippen LogP contribution in [-0.4, -0.2) is 45.3 Å². The van der Waals surface area contributed by atoms with E-state index in [4.69, 9.17) is 5.10 Å². The van der Waals surface area contributed by atoms with Crippen LogP contribution < -0.4 is 5.32 Å². The largest absolute Gasteiger partial charge is 0.311 e. The lowest BCUT2D eigenvalue weighted by Crippen LogP contribution is -2.41. The molecule has 0 aliphatic carbocycles. The lowest BCUT2D eigenvalue weighted by Gasteiger charge is -2.33. The molecule has 1 aromatic carbocycles. The minimum atomic E-state index is 0.713. The monoisotopic (exact) mass is 389 g/mol. The third kappa shape index (κ3) is 5.31. The molecule has 1 saturated heterocycles. The van der Waals surface area contributed by atoms with Gasteiger partial charge in [-0.1, -0.05) is 36.8 Å². The van der Waals surface area contributed by atoms with Crippen LogP contribution in [0.25, 0.3) is 11.3 Å². The predicted octanol–water partition coefficient (Wildman–Crippen LogP) is 3.96. The molecule has 1 N–H and O–H groups in total. The van der Waals surface area contributed by atoms with Crippen LogP contribution in [-0.2, 0) is 13.1 Å². The van der Waals surface area contributed by atoms with Gasteiger partial charge in [0.25, 0.3) is 0 Å². The van der Waals surface area contributed by atoms with Gasteiger partial charge in [0, 0.05) is 55.4 Å². The van der Waals surface area contributed by atoms with E-state index < -0.39 is 0 Å². The first kappa shape index (κ1) is 19.8. The van der Waals surface area contributed by atoms with Crippen molar-refractivity contribution in [2.45, 2.75) is 45.3 Å². The van der Waals surface area contributed by atoms with Crippen molar-refractivity contribution in [3.8, 4) is 11.3 Å². The molecule has 29 heavy (non-hydrogen) atoms. The fourth-order valence-electron chi connectivity index (χ4n) is 4.12. The molecule has 0 amide bonds. The maximum atomic E-state index is 4.88. The molecule has 0 saturated carbocycles. The van der Waals surface area contributed by atoms with Crippen LogP contribution in [0.3, 0.4) is 0 Å². The molecule has 3 heterocycles. The molecule has 0 spiro atoms. The van der Waals surface area contributed by atoms with E-state index in [1.165, 1.54) is 36.9 Å². The number of rotatable bonds is 8. The van der Waals surface area contributed by atoms with E-state index in [2.05, 4.69) is 58.7 Å². The van der Waals surface area contributed by atoms with Gasteiger partial charge in [-0.05, 0) is 44.0 Å². The first-order valence-electron chi connectivity index (χ1n) is 10.7. The highest BCUT2D eigenvalue weighted by Gasteiger charge is 2.17. The number of nitrogens with zero attached hydrogens (tertiary/aromatic N) is 4. The van der Waals surface area contributed by atoms with Crippen molar-refractivity contribution in [1.29, 1.82) is 0 Å². The summed E-state index contributed by atoms with van der Waals surface area (Å²) < 4.78 is 2.04. The standard InChI is InChI=1S/C24H31N5/c1-20-8-5-6-14-28(20)15-13-26-17-23-19-29(18-21-9-3-2-4-10-21)27-24(23)22-11-7-12-25-16-22/h2-4,7,9-12,16,19-20,26H,5-6,8,13-15,17-18H2,1H3. The van der Waals surface area contributed by atoms with Crippen LogP contribution in [0, 0.1) is 0 Å². The molecule has 5 heteroatoms. The number of hydrogen-bond acceptors (Lipinski definition) is 4. The van der Waals surface area contributed by atoms with E-state index in [0.29, 0.717) is 6.04 Å². The van der Waals surface area contributed by atoms with Crippen molar-refractivity contribution < 1.29 is 0 Å². The quantitative estimate of drug-likeness (QED) is 0.593. The summed E-state index contributed by atoms with van der Waals surface area (Å²) >= 11 is 0. The van der Waals surface area contributed by atoms with Crippen LogP contribution in [0.5, 0.6) is 0 Å². The minimum absolute atomic E-state index is 0.713. The molecule has 1 aliphatic heterocycles. The van der Waals surface area contributed by atoms with Gasteiger partial charge >= 0.3 is 0 Å². The molecule has 1 fully saturated rings. The Bertz CT molecular complexity index is 875. The van der Waals surface area contributed by atoms with Gasteiger partial charge in [-0.15, -0.1) is 0 Å². The SMILES string of the molecule is CC1CCCCN1CCNCc1cn(Cc2ccccc2)nc1-c1cccnc1. The van der Waals surface area contributed by atoms with Crippen molar-refractivity contribution in [1.82, 2.24) is 25.0 Å². The number of hydrogen-bond donors (Lipinski definition) is 1. The Kier molecular flexibility index (Phi) is 6.70. The van der Waals surface area contributed by atoms with Gasteiger partial charge < -0.3 is 5.32 Å². The Morgan fingerprint density at radius 1 is 1.10 bits per heavy atom. The first-order chi connectivity index (χ1) is 14.3. The Morgan fingerprint density at radius 3 is 2.79 bits per heavy atom. The van der Waals surface area contributed by atoms with Gasteiger partial charge in [0.1, 0.15) is 0 Å². The molecular weight excluding hydrogens is 358 g/mol. The van der Waals surface area contributed by atoms with Crippen LogP contribution in [0.15, 0.2) is 61.1 Å². The lowest BCUT2D eigenvalue weighted by molar-refractivity contribution is 0.161. The Balaban J connectivity index is 1.43. The van der Waals surface area contributed by atoms with Gasteiger partial charge in [0.05, 0.1) is 12.2 Å². The summed E-state index contributed by atoms with van der Waals surface area (Å²) in [6.07, 6.45) is 9.92. The number of piperidine rings is 1. The van der Waals surface area contributed by atoms with Crippen LogP contribution in [0.1, 0.15) is 37.3 Å². The highest BCUT2D eigenvalue weighted by Crippen LogP contribution is 2.22. The molecule has 1 atom stereocenters. The second kappa shape index (κ2) is 9.81. The van der Waals surface area contributed by atoms with E-state index in [1.54, 1.807) is 0 Å². The predicted molar refractivity (Wildman–Crippen MR) is 118 cm³/mol. The van der Waals surface area contributed by atoms with E-state index >= 15 is 0 Å². The number of benzene rings is 1. The highest BCUT2D eigenvalue weighted by atomic mass is 15.3. The smallest absolute Gasteiger partial charge is 0.0983 e. The summed E-state index contributed by atoms with van der Waals surface area (Å²) in [5, 5.41) is 8.52. The Labute approximate surface area is 173 Å². The average molecular weight is 390 g/mol. The number of likely N-dealkylation sites (tertiary alicyclic amines) is 1. The van der Waals surface area contributed by atoms with Gasteiger partial charge in [-0.2, -0.15) is 5.10 Å². The zero-order valence-corrected chi connectivity index (χ0v) is 17.3. The lowest BCUT2D eigenvalue weighted by atomic mass is 10.0. The van der Waals surface area contributed by atoms with E-state index in [0.717, 1.165) is 37.4 Å². The van der Waals surface area contributed by atoms with Gasteiger partial charge in [-0.25, -0.2) is 0 Å². The molecule has 2 aromatic heterocycles. The summed E-state index contributed by atoms with van der Waals surface area (Å²) in [7, 11) is 0. The van der Waals surface area contributed by atoms with E-state index in [1.807, 2.05) is 29.2 Å². The molecule has 5 nitrogen and oxygen atoms in total. The zero-order valence-electron chi connectivity index (χ0n) is 17.3. The van der Waals surface area contributed by atoms with Crippen molar-refractivity contribution in [2.24, 2.45) is 0 Å². The third-order valence-corrected chi connectivity index (χ3v) is 5.79. The molecule has 0 bridgehead atoms. The Hall–Kier alpha value is -2.50. The minimum Gasteiger partial charge on any atom is -0.311 e. The summed E-state index contributed by atoms with van der Waals surface area (Å²) in [5.41, 5.74) is 4.57. The highest BCUT2D eigenvalue weighted by molar-refractivity contribution is 5.61. The summed E-state index contributed by atoms with van der Waals surface area (Å²) in [4.78, 5) is 6.89. The van der Waals surface area contributed by atoms with Crippen molar-refractivity contribution in [3.05, 3.63) is 72.2 Å². The first-order valence-corrected chi connectivity index (χ1v) is 10.7. The van der Waals surface area contributed by atoms with Crippen LogP contribution in [0.2, 0.25) is 0 Å².